The lowest BCUT2D eigenvalue weighted by molar-refractivity contribution is -0.479. The van der Waals surface area contributed by atoms with Gasteiger partial charge in [-0.05, 0) is 61.4 Å². The summed E-state index contributed by atoms with van der Waals surface area (Å²) in [6, 6.07) is 20.7. The number of aryl methyl sites for hydroxylation is 1. The summed E-state index contributed by atoms with van der Waals surface area (Å²) in [4.78, 5) is 21.7. The molecule has 1 atom stereocenters. The molecule has 0 saturated heterocycles. The zero-order valence-corrected chi connectivity index (χ0v) is 21.5. The van der Waals surface area contributed by atoms with Crippen LogP contribution in [0.5, 0.6) is 11.5 Å². The third-order valence-corrected chi connectivity index (χ3v) is 6.72. The second-order valence-electron chi connectivity index (χ2n) is 8.20. The van der Waals surface area contributed by atoms with E-state index in [0.717, 1.165) is 17.0 Å². The van der Waals surface area contributed by atoms with Gasteiger partial charge >= 0.3 is 0 Å². The van der Waals surface area contributed by atoms with Crippen molar-refractivity contribution in [2.24, 2.45) is 0 Å². The summed E-state index contributed by atoms with van der Waals surface area (Å²) in [6.45, 7) is 4.14. The van der Waals surface area contributed by atoms with Crippen molar-refractivity contribution in [2.45, 2.75) is 30.9 Å². The van der Waals surface area contributed by atoms with Crippen LogP contribution in [-0.2, 0) is 6.61 Å². The summed E-state index contributed by atoms with van der Waals surface area (Å²) in [5.74, 6) is 1.94. The Hall–Kier alpha value is -4.45. The number of ether oxygens (including phenoxy) is 2. The Morgan fingerprint density at radius 2 is 1.63 bits per heavy atom. The van der Waals surface area contributed by atoms with Gasteiger partial charge in [-0.2, -0.15) is 0 Å². The monoisotopic (exact) mass is 535 g/mol. The van der Waals surface area contributed by atoms with E-state index < -0.39 is 10.2 Å². The lowest BCUT2D eigenvalue weighted by Gasteiger charge is -2.15. The molecule has 0 aliphatic heterocycles. The van der Waals surface area contributed by atoms with Crippen LogP contribution in [0.4, 0.5) is 5.69 Å². The molecule has 196 valence electrons. The van der Waals surface area contributed by atoms with Crippen molar-refractivity contribution in [3.05, 3.63) is 110 Å². The number of benzene rings is 3. The van der Waals surface area contributed by atoms with E-state index in [-0.39, 0.29) is 23.8 Å². The van der Waals surface area contributed by atoms with Gasteiger partial charge < -0.3 is 9.47 Å². The second kappa shape index (κ2) is 12.2. The van der Waals surface area contributed by atoms with Gasteiger partial charge in [0.25, 0.3) is 5.69 Å². The van der Waals surface area contributed by atoms with Gasteiger partial charge in [0, 0.05) is 22.7 Å². The van der Waals surface area contributed by atoms with Crippen LogP contribution in [-0.4, -0.2) is 37.8 Å². The number of nitro benzene ring substituents is 1. The molecule has 4 aromatic rings. The Labute approximate surface area is 222 Å². The van der Waals surface area contributed by atoms with E-state index >= 15 is 0 Å². The minimum atomic E-state index is -0.527. The quantitative estimate of drug-likeness (QED) is 0.129. The predicted octanol–water partition coefficient (Wildman–Crippen LogP) is 5.57. The first-order valence-electron chi connectivity index (χ1n) is 11.7. The summed E-state index contributed by atoms with van der Waals surface area (Å²) < 4.78 is 13.1. The maximum atomic E-state index is 11.5. The number of nitrogens with zero attached hydrogens (tertiary/aromatic N) is 5. The van der Waals surface area contributed by atoms with Crippen LogP contribution in [0, 0.1) is 27.2 Å². The topological polar surface area (TPSA) is 135 Å². The third kappa shape index (κ3) is 6.65. The molecule has 4 rings (SSSR count). The molecule has 0 aliphatic rings. The zero-order chi connectivity index (χ0) is 27.1. The summed E-state index contributed by atoms with van der Waals surface area (Å²) in [5.41, 5.74) is 2.21. The van der Waals surface area contributed by atoms with Crippen LogP contribution in [0.15, 0.2) is 78.0 Å². The molecule has 0 amide bonds. The minimum Gasteiger partial charge on any atom is -0.494 e. The smallest absolute Gasteiger partial charge is 0.269 e. The van der Waals surface area contributed by atoms with E-state index in [1.807, 2.05) is 42.7 Å². The fourth-order valence-corrected chi connectivity index (χ4v) is 4.93. The van der Waals surface area contributed by atoms with Gasteiger partial charge in [0.15, 0.2) is 5.16 Å². The molecule has 12 heteroatoms. The summed E-state index contributed by atoms with van der Waals surface area (Å²) >= 11 is 1.26. The summed E-state index contributed by atoms with van der Waals surface area (Å²) in [5, 5.41) is 30.9. The number of aromatic nitrogens is 3. The Kier molecular flexibility index (Phi) is 8.54. The molecule has 0 radical (unpaired) electrons. The lowest BCUT2D eigenvalue weighted by atomic mass is 10.1. The second-order valence-corrected chi connectivity index (χ2v) is 9.37. The number of hydrogen-bond donors (Lipinski definition) is 0. The van der Waals surface area contributed by atoms with E-state index in [9.17, 15) is 20.2 Å². The fraction of sp³-hybridized carbons (Fsp3) is 0.231. The SMILES string of the molecule is CCOc1ccc(-n2c(C)nnc2S[C@H](C[N+](=O)[O-])c2ccc(OCc3cccc([N+](=O)[O-])c3)cc2)cc1. The third-order valence-electron chi connectivity index (χ3n) is 5.54. The molecule has 11 nitrogen and oxygen atoms in total. The molecule has 1 aromatic heterocycles. The number of nitro groups is 2. The van der Waals surface area contributed by atoms with E-state index in [4.69, 9.17) is 9.47 Å². The van der Waals surface area contributed by atoms with Crippen LogP contribution in [0.1, 0.15) is 29.1 Å². The van der Waals surface area contributed by atoms with Gasteiger partial charge in [-0.3, -0.25) is 24.8 Å². The van der Waals surface area contributed by atoms with Gasteiger partial charge in [-0.25, -0.2) is 0 Å². The van der Waals surface area contributed by atoms with Crippen molar-refractivity contribution in [3.63, 3.8) is 0 Å². The number of rotatable bonds is 12. The molecule has 0 saturated carbocycles. The van der Waals surface area contributed by atoms with E-state index in [0.29, 0.717) is 28.9 Å². The molecule has 0 aliphatic carbocycles. The van der Waals surface area contributed by atoms with Gasteiger partial charge in [0.05, 0.1) is 11.5 Å². The maximum absolute atomic E-state index is 11.5. The van der Waals surface area contributed by atoms with Crippen molar-refractivity contribution < 1.29 is 19.3 Å². The predicted molar refractivity (Wildman–Crippen MR) is 142 cm³/mol. The van der Waals surface area contributed by atoms with Crippen molar-refractivity contribution in [3.8, 4) is 17.2 Å². The highest BCUT2D eigenvalue weighted by atomic mass is 32.2. The molecule has 0 unspecified atom stereocenters. The first-order chi connectivity index (χ1) is 18.3. The van der Waals surface area contributed by atoms with E-state index in [1.165, 1.54) is 23.9 Å². The van der Waals surface area contributed by atoms with Crippen molar-refractivity contribution >= 4 is 17.4 Å². The molecule has 1 heterocycles. The number of thioether (sulfide) groups is 1. The molecule has 38 heavy (non-hydrogen) atoms. The normalized spacial score (nSPS) is 11.6. The highest BCUT2D eigenvalue weighted by Gasteiger charge is 2.24. The Bertz CT molecular complexity index is 1410. The largest absolute Gasteiger partial charge is 0.494 e. The fourth-order valence-electron chi connectivity index (χ4n) is 3.75. The van der Waals surface area contributed by atoms with Crippen LogP contribution >= 0.6 is 11.8 Å². The van der Waals surface area contributed by atoms with E-state index in [2.05, 4.69) is 10.2 Å². The molecule has 0 N–H and O–H groups in total. The maximum Gasteiger partial charge on any atom is 0.269 e. The zero-order valence-electron chi connectivity index (χ0n) is 20.7. The molecular weight excluding hydrogens is 510 g/mol. The Balaban J connectivity index is 1.50. The van der Waals surface area contributed by atoms with Crippen LogP contribution in [0.3, 0.4) is 0 Å². The standard InChI is InChI=1S/C26H25N5O6S/c1-3-36-23-13-9-21(10-14-23)30-18(2)27-28-26(30)38-25(16-29(32)33)20-7-11-24(12-8-20)37-17-19-5-4-6-22(15-19)31(34)35/h4-15,25H,3,16-17H2,1-2H3/t25-/m1/s1. The van der Waals surface area contributed by atoms with Gasteiger partial charge in [-0.15, -0.1) is 10.2 Å². The molecule has 0 fully saturated rings. The Morgan fingerprint density at radius 1 is 0.947 bits per heavy atom. The average Bonchev–Trinajstić information content (AvgIpc) is 3.27. The van der Waals surface area contributed by atoms with Gasteiger partial charge in [0.2, 0.25) is 6.54 Å². The number of hydrogen-bond acceptors (Lipinski definition) is 9. The van der Waals surface area contributed by atoms with E-state index in [1.54, 1.807) is 36.4 Å². The van der Waals surface area contributed by atoms with Crippen LogP contribution in [0.2, 0.25) is 0 Å². The highest BCUT2D eigenvalue weighted by Crippen LogP contribution is 2.36. The Morgan fingerprint density at radius 3 is 2.29 bits per heavy atom. The first-order valence-corrected chi connectivity index (χ1v) is 12.6. The lowest BCUT2D eigenvalue weighted by Crippen LogP contribution is -2.11. The van der Waals surface area contributed by atoms with Crippen LogP contribution in [0.25, 0.3) is 5.69 Å². The summed E-state index contributed by atoms with van der Waals surface area (Å²) in [7, 11) is 0. The first kappa shape index (κ1) is 26.6. The van der Waals surface area contributed by atoms with Gasteiger partial charge in [-0.1, -0.05) is 36.0 Å². The molecule has 0 bridgehead atoms. The van der Waals surface area contributed by atoms with Gasteiger partial charge in [0.1, 0.15) is 29.2 Å². The van der Waals surface area contributed by atoms with Crippen molar-refractivity contribution in [1.82, 2.24) is 14.8 Å². The number of non-ortho nitro benzene ring substituents is 1. The summed E-state index contributed by atoms with van der Waals surface area (Å²) in [6.07, 6.45) is 0. The molecule has 0 spiro atoms. The van der Waals surface area contributed by atoms with Crippen molar-refractivity contribution in [1.29, 1.82) is 0 Å². The van der Waals surface area contributed by atoms with Crippen LogP contribution < -0.4 is 9.47 Å². The molecule has 3 aromatic carbocycles. The molecular formula is C26H25N5O6S. The average molecular weight is 536 g/mol. The van der Waals surface area contributed by atoms with Crippen molar-refractivity contribution in [2.75, 3.05) is 13.2 Å². The minimum absolute atomic E-state index is 0.00517. The highest BCUT2D eigenvalue weighted by molar-refractivity contribution is 7.99.